The molecule has 0 spiro atoms. The molecule has 1 unspecified atom stereocenters. The largest absolute Gasteiger partial charge is 0.377 e. The maximum Gasteiger partial charge on any atom is 0.0139 e. The molecule has 1 rings (SSSR count). The fourth-order valence-electron chi connectivity index (χ4n) is 0.537. The van der Waals surface area contributed by atoms with E-state index in [1.165, 1.54) is 19.3 Å². The van der Waals surface area contributed by atoms with Crippen molar-refractivity contribution in [2.75, 3.05) is 0 Å². The Morgan fingerprint density at radius 3 is 2.17 bits per heavy atom. The molecule has 0 heterocycles. The molecule has 1 aliphatic carbocycles. The molecule has 0 aromatic rings. The fraction of sp³-hybridized carbons (Fsp3) is 1.00. The van der Waals surface area contributed by atoms with E-state index in [1.807, 2.05) is 0 Å². The number of hydrogen-bond donors (Lipinski definition) is 1. The van der Waals surface area contributed by atoms with Crippen molar-refractivity contribution >= 4 is 8.81 Å². The average molecular weight is 104 g/mol. The summed E-state index contributed by atoms with van der Waals surface area (Å²) in [6.07, 6.45) is 3.89. The van der Waals surface area contributed by atoms with Gasteiger partial charge < -0.3 is 4.89 Å². The summed E-state index contributed by atoms with van der Waals surface area (Å²) in [6, 6.07) is 0. The maximum absolute atomic E-state index is 8.41. The van der Waals surface area contributed by atoms with Crippen molar-refractivity contribution in [3.05, 3.63) is 0 Å². The van der Waals surface area contributed by atoms with Crippen LogP contribution in [0, 0.1) is 0 Å². The Morgan fingerprint density at radius 1 is 1.50 bits per heavy atom. The Bertz CT molecular complexity index is 40.1. The molecule has 1 nitrogen and oxygen atoms in total. The third-order valence-corrected chi connectivity index (χ3v) is 2.23. The molecule has 1 fully saturated rings. The second-order valence-electron chi connectivity index (χ2n) is 1.76. The zero-order valence-electron chi connectivity index (χ0n) is 3.65. The van der Waals surface area contributed by atoms with E-state index in [2.05, 4.69) is 0 Å². The molecule has 1 N–H and O–H groups in total. The van der Waals surface area contributed by atoms with Crippen LogP contribution < -0.4 is 0 Å². The van der Waals surface area contributed by atoms with E-state index in [1.54, 1.807) is 0 Å². The summed E-state index contributed by atoms with van der Waals surface area (Å²) in [7, 11) is 0.218. The molecule has 0 aromatic carbocycles. The van der Waals surface area contributed by atoms with Gasteiger partial charge in [0.15, 0.2) is 0 Å². The van der Waals surface area contributed by atoms with Crippen molar-refractivity contribution in [3.8, 4) is 0 Å². The van der Waals surface area contributed by atoms with E-state index in [9.17, 15) is 0 Å². The van der Waals surface area contributed by atoms with Crippen molar-refractivity contribution in [2.45, 2.75) is 24.9 Å². The zero-order valence-corrected chi connectivity index (χ0v) is 4.65. The van der Waals surface area contributed by atoms with Crippen LogP contribution in [0.1, 0.15) is 19.3 Å². The van der Waals surface area contributed by atoms with Crippen LogP contribution >= 0.6 is 8.81 Å². The summed E-state index contributed by atoms with van der Waals surface area (Å²) in [5.74, 6) is 0. The first-order valence-corrected chi connectivity index (χ1v) is 3.35. The molecule has 0 bridgehead atoms. The van der Waals surface area contributed by atoms with Gasteiger partial charge in [0.05, 0.1) is 0 Å². The highest BCUT2D eigenvalue weighted by atomic mass is 31.1. The lowest BCUT2D eigenvalue weighted by Crippen LogP contribution is -2.10. The molecule has 0 saturated heterocycles. The molecular weight excluding hydrogens is 95.0 g/mol. The standard InChI is InChI=1S/C4H9OP/c5-6-4-2-1-3-4/h4-6H,1-3H2. The second kappa shape index (κ2) is 1.90. The molecule has 1 atom stereocenters. The van der Waals surface area contributed by atoms with Crippen molar-refractivity contribution in [1.29, 1.82) is 0 Å². The lowest BCUT2D eigenvalue weighted by Gasteiger charge is -2.21. The molecule has 36 valence electrons. The maximum atomic E-state index is 8.41. The molecular formula is C4H9OP. The minimum absolute atomic E-state index is 0.218. The zero-order chi connectivity index (χ0) is 4.41. The lowest BCUT2D eigenvalue weighted by molar-refractivity contribution is 0.488. The average Bonchev–Trinajstić information content (AvgIpc) is 1.31. The molecule has 0 radical (unpaired) electrons. The summed E-state index contributed by atoms with van der Waals surface area (Å²) in [5, 5.41) is 0. The highest BCUT2D eigenvalue weighted by Gasteiger charge is 2.15. The van der Waals surface area contributed by atoms with Crippen LogP contribution in [0.15, 0.2) is 0 Å². The third-order valence-electron chi connectivity index (χ3n) is 1.29. The van der Waals surface area contributed by atoms with Crippen LogP contribution in [0.3, 0.4) is 0 Å². The highest BCUT2D eigenvalue weighted by molar-refractivity contribution is 7.32. The minimum Gasteiger partial charge on any atom is -0.377 e. The van der Waals surface area contributed by atoms with Crippen molar-refractivity contribution in [3.63, 3.8) is 0 Å². The number of hydrogen-bond acceptors (Lipinski definition) is 1. The minimum atomic E-state index is 0.218. The van der Waals surface area contributed by atoms with Gasteiger partial charge in [-0.25, -0.2) is 0 Å². The van der Waals surface area contributed by atoms with Gasteiger partial charge in [0.2, 0.25) is 0 Å². The Hall–Kier alpha value is 0.390. The predicted molar refractivity (Wildman–Crippen MR) is 28.2 cm³/mol. The van der Waals surface area contributed by atoms with E-state index < -0.39 is 0 Å². The van der Waals surface area contributed by atoms with Crippen molar-refractivity contribution in [2.24, 2.45) is 0 Å². The van der Waals surface area contributed by atoms with Crippen LogP contribution in [0.25, 0.3) is 0 Å². The Morgan fingerprint density at radius 2 is 2.17 bits per heavy atom. The van der Waals surface area contributed by atoms with E-state index in [0.717, 1.165) is 0 Å². The summed E-state index contributed by atoms with van der Waals surface area (Å²) in [5.41, 5.74) is 0.699. The molecule has 1 saturated carbocycles. The molecule has 1 aliphatic rings. The van der Waals surface area contributed by atoms with Gasteiger partial charge in [0.25, 0.3) is 0 Å². The summed E-state index contributed by atoms with van der Waals surface area (Å²) in [4.78, 5) is 8.41. The lowest BCUT2D eigenvalue weighted by atomic mass is 10.00. The smallest absolute Gasteiger partial charge is 0.0139 e. The molecule has 0 aromatic heterocycles. The summed E-state index contributed by atoms with van der Waals surface area (Å²) < 4.78 is 0. The summed E-state index contributed by atoms with van der Waals surface area (Å²) in [6.45, 7) is 0. The van der Waals surface area contributed by atoms with Gasteiger partial charge in [-0.05, 0) is 12.8 Å². The van der Waals surface area contributed by atoms with Gasteiger partial charge in [-0.2, -0.15) is 0 Å². The van der Waals surface area contributed by atoms with Gasteiger partial charge in [0.1, 0.15) is 0 Å². The van der Waals surface area contributed by atoms with E-state index >= 15 is 0 Å². The molecule has 6 heavy (non-hydrogen) atoms. The summed E-state index contributed by atoms with van der Waals surface area (Å²) >= 11 is 0. The quantitative estimate of drug-likeness (QED) is 0.494. The van der Waals surface area contributed by atoms with Crippen LogP contribution in [-0.4, -0.2) is 10.6 Å². The first kappa shape index (κ1) is 4.55. The van der Waals surface area contributed by atoms with Crippen LogP contribution in [0.5, 0.6) is 0 Å². The van der Waals surface area contributed by atoms with Gasteiger partial charge >= 0.3 is 0 Å². The second-order valence-corrected chi connectivity index (χ2v) is 2.83. The van der Waals surface area contributed by atoms with Crippen LogP contribution in [0.2, 0.25) is 0 Å². The number of rotatable bonds is 1. The molecule has 2 heteroatoms. The normalized spacial score (nSPS) is 25.5. The fourth-order valence-corrected chi connectivity index (χ4v) is 1.20. The highest BCUT2D eigenvalue weighted by Crippen LogP contribution is 2.32. The topological polar surface area (TPSA) is 20.2 Å². The SMILES string of the molecule is OPC1CCC1. The van der Waals surface area contributed by atoms with Crippen molar-refractivity contribution in [1.82, 2.24) is 0 Å². The Balaban J connectivity index is 2.01. The first-order valence-electron chi connectivity index (χ1n) is 2.33. The van der Waals surface area contributed by atoms with E-state index in [-0.39, 0.29) is 8.81 Å². The van der Waals surface area contributed by atoms with Gasteiger partial charge in [-0.1, -0.05) is 6.42 Å². The van der Waals surface area contributed by atoms with Crippen LogP contribution in [-0.2, 0) is 0 Å². The van der Waals surface area contributed by atoms with E-state index in [4.69, 9.17) is 4.89 Å². The third kappa shape index (κ3) is 0.717. The van der Waals surface area contributed by atoms with Gasteiger partial charge in [-0.3, -0.25) is 0 Å². The Kier molecular flexibility index (Phi) is 1.44. The monoisotopic (exact) mass is 104 g/mol. The van der Waals surface area contributed by atoms with Gasteiger partial charge in [-0.15, -0.1) is 0 Å². The predicted octanol–water partition coefficient (Wildman–Crippen LogP) is 1.12. The van der Waals surface area contributed by atoms with Crippen LogP contribution in [0.4, 0.5) is 0 Å². The Labute approximate surface area is 39.6 Å². The molecule has 0 amide bonds. The van der Waals surface area contributed by atoms with Gasteiger partial charge in [0, 0.05) is 14.5 Å². The van der Waals surface area contributed by atoms with E-state index in [0.29, 0.717) is 5.66 Å². The first-order chi connectivity index (χ1) is 2.93. The van der Waals surface area contributed by atoms with Crippen molar-refractivity contribution < 1.29 is 4.89 Å². The molecule has 0 aliphatic heterocycles.